The monoisotopic (exact) mass is 366 g/mol. The van der Waals surface area contributed by atoms with Gasteiger partial charge in [0.1, 0.15) is 0 Å². The Balaban J connectivity index is 0.00000200. The Labute approximate surface area is 132 Å². The van der Waals surface area contributed by atoms with Gasteiger partial charge in [-0.1, -0.05) is 15.9 Å². The standard InChI is InChI=1S/C13H16BrFN2O2.ClH/c14-10-2-3-12(11(15)8-10)19-9-13(18)17-6-1-4-16-5-7-17;/h2-3,8,16H,1,4-7,9H2;1H. The first-order chi connectivity index (χ1) is 9.16. The van der Waals surface area contributed by atoms with Crippen molar-refractivity contribution in [1.29, 1.82) is 0 Å². The van der Waals surface area contributed by atoms with E-state index in [2.05, 4.69) is 21.2 Å². The summed E-state index contributed by atoms with van der Waals surface area (Å²) in [5.74, 6) is -0.477. The molecular weight excluding hydrogens is 351 g/mol. The normalized spacial score (nSPS) is 15.2. The maximum atomic E-state index is 13.5. The number of nitrogens with one attached hydrogen (secondary N) is 1. The minimum absolute atomic E-state index is 0. The zero-order valence-corrected chi connectivity index (χ0v) is 13.3. The van der Waals surface area contributed by atoms with Gasteiger partial charge in [-0.05, 0) is 31.2 Å². The fourth-order valence-corrected chi connectivity index (χ4v) is 2.25. The molecular formula is C13H17BrClFN2O2. The van der Waals surface area contributed by atoms with Crippen molar-refractivity contribution >= 4 is 34.2 Å². The topological polar surface area (TPSA) is 41.6 Å². The third-order valence-electron chi connectivity index (χ3n) is 2.94. The highest BCUT2D eigenvalue weighted by Crippen LogP contribution is 2.21. The van der Waals surface area contributed by atoms with Crippen molar-refractivity contribution in [2.24, 2.45) is 0 Å². The van der Waals surface area contributed by atoms with E-state index in [9.17, 15) is 9.18 Å². The average molecular weight is 368 g/mol. The second-order valence-electron chi connectivity index (χ2n) is 4.35. The average Bonchev–Trinajstić information content (AvgIpc) is 2.66. The summed E-state index contributed by atoms with van der Waals surface area (Å²) in [7, 11) is 0. The Bertz CT molecular complexity index is 454. The zero-order valence-electron chi connectivity index (χ0n) is 10.9. The first-order valence-corrected chi connectivity index (χ1v) is 7.02. The van der Waals surface area contributed by atoms with Gasteiger partial charge in [0, 0.05) is 24.1 Å². The van der Waals surface area contributed by atoms with Crippen LogP contribution in [0.4, 0.5) is 4.39 Å². The maximum absolute atomic E-state index is 13.5. The lowest BCUT2D eigenvalue weighted by Crippen LogP contribution is -2.37. The lowest BCUT2D eigenvalue weighted by Gasteiger charge is -2.20. The summed E-state index contributed by atoms with van der Waals surface area (Å²) >= 11 is 3.17. The summed E-state index contributed by atoms with van der Waals surface area (Å²) in [6.45, 7) is 2.98. The van der Waals surface area contributed by atoms with Crippen molar-refractivity contribution in [3.63, 3.8) is 0 Å². The van der Waals surface area contributed by atoms with Gasteiger partial charge < -0.3 is 15.0 Å². The molecule has 0 saturated carbocycles. The molecule has 1 aromatic rings. The van der Waals surface area contributed by atoms with Gasteiger partial charge in [-0.15, -0.1) is 12.4 Å². The van der Waals surface area contributed by atoms with Crippen molar-refractivity contribution < 1.29 is 13.9 Å². The zero-order chi connectivity index (χ0) is 13.7. The molecule has 0 atom stereocenters. The molecule has 0 bridgehead atoms. The maximum Gasteiger partial charge on any atom is 0.260 e. The van der Waals surface area contributed by atoms with E-state index < -0.39 is 5.82 Å². The van der Waals surface area contributed by atoms with Crippen LogP contribution in [0.5, 0.6) is 5.75 Å². The number of amides is 1. The molecule has 1 N–H and O–H groups in total. The molecule has 0 aromatic heterocycles. The van der Waals surface area contributed by atoms with E-state index in [0.717, 1.165) is 26.1 Å². The van der Waals surface area contributed by atoms with E-state index in [-0.39, 0.29) is 30.7 Å². The van der Waals surface area contributed by atoms with E-state index in [0.29, 0.717) is 11.0 Å². The first-order valence-electron chi connectivity index (χ1n) is 6.23. The fourth-order valence-electron chi connectivity index (χ4n) is 1.92. The van der Waals surface area contributed by atoms with Crippen molar-refractivity contribution in [2.75, 3.05) is 32.8 Å². The van der Waals surface area contributed by atoms with Crippen molar-refractivity contribution in [2.45, 2.75) is 6.42 Å². The smallest absolute Gasteiger partial charge is 0.260 e. The minimum atomic E-state index is -0.472. The van der Waals surface area contributed by atoms with Crippen LogP contribution >= 0.6 is 28.3 Å². The van der Waals surface area contributed by atoms with Gasteiger partial charge in [-0.2, -0.15) is 0 Å². The number of ether oxygens (including phenoxy) is 1. The van der Waals surface area contributed by atoms with Crippen molar-refractivity contribution in [1.82, 2.24) is 10.2 Å². The Morgan fingerprint density at radius 2 is 2.20 bits per heavy atom. The van der Waals surface area contributed by atoms with Crippen LogP contribution in [0.15, 0.2) is 22.7 Å². The van der Waals surface area contributed by atoms with E-state index in [4.69, 9.17) is 4.74 Å². The number of rotatable bonds is 3. The molecule has 1 fully saturated rings. The summed E-state index contributed by atoms with van der Waals surface area (Å²) in [4.78, 5) is 13.7. The summed E-state index contributed by atoms with van der Waals surface area (Å²) < 4.78 is 19.4. The van der Waals surface area contributed by atoms with E-state index in [1.807, 2.05) is 0 Å². The van der Waals surface area contributed by atoms with Gasteiger partial charge >= 0.3 is 0 Å². The third-order valence-corrected chi connectivity index (χ3v) is 3.43. The van der Waals surface area contributed by atoms with Gasteiger partial charge in [0.15, 0.2) is 18.2 Å². The highest BCUT2D eigenvalue weighted by Gasteiger charge is 2.16. The molecule has 7 heteroatoms. The molecule has 1 saturated heterocycles. The Morgan fingerprint density at radius 1 is 1.40 bits per heavy atom. The molecule has 4 nitrogen and oxygen atoms in total. The van der Waals surface area contributed by atoms with Gasteiger partial charge in [0.2, 0.25) is 0 Å². The van der Waals surface area contributed by atoms with Crippen LogP contribution < -0.4 is 10.1 Å². The summed E-state index contributed by atoms with van der Waals surface area (Å²) in [5, 5.41) is 3.22. The highest BCUT2D eigenvalue weighted by molar-refractivity contribution is 9.10. The minimum Gasteiger partial charge on any atom is -0.481 e. The molecule has 1 aliphatic rings. The fraction of sp³-hybridized carbons (Fsp3) is 0.462. The second-order valence-corrected chi connectivity index (χ2v) is 5.26. The number of carbonyl (C=O) groups excluding carboxylic acids is 1. The summed E-state index contributed by atoms with van der Waals surface area (Å²) in [6, 6.07) is 4.51. The Morgan fingerprint density at radius 3 is 2.95 bits per heavy atom. The van der Waals surface area contributed by atoms with E-state index in [1.54, 1.807) is 11.0 Å². The number of benzene rings is 1. The number of nitrogens with zero attached hydrogens (tertiary/aromatic N) is 1. The molecule has 1 aliphatic heterocycles. The van der Waals surface area contributed by atoms with Gasteiger partial charge in [0.05, 0.1) is 0 Å². The Hall–Kier alpha value is -0.850. The summed E-state index contributed by atoms with van der Waals surface area (Å²) in [5.41, 5.74) is 0. The second kappa shape index (κ2) is 8.44. The largest absolute Gasteiger partial charge is 0.481 e. The molecule has 112 valence electrons. The SMILES string of the molecule is Cl.O=C(COc1ccc(Br)cc1F)N1CCCNCC1. The summed E-state index contributed by atoms with van der Waals surface area (Å²) in [6.07, 6.45) is 0.929. The molecule has 0 radical (unpaired) electrons. The predicted octanol–water partition coefficient (Wildman–Crippen LogP) is 2.21. The number of hydrogen-bond donors (Lipinski definition) is 1. The molecule has 0 unspecified atom stereocenters. The quantitative estimate of drug-likeness (QED) is 0.890. The Kier molecular flexibility index (Phi) is 7.26. The van der Waals surface area contributed by atoms with Crippen LogP contribution in [0.3, 0.4) is 0 Å². The molecule has 1 amide bonds. The van der Waals surface area contributed by atoms with Crippen LogP contribution in [0.1, 0.15) is 6.42 Å². The predicted molar refractivity (Wildman–Crippen MR) is 80.9 cm³/mol. The van der Waals surface area contributed by atoms with Gasteiger partial charge in [-0.3, -0.25) is 4.79 Å². The molecule has 2 rings (SSSR count). The van der Waals surface area contributed by atoms with Crippen molar-refractivity contribution in [3.05, 3.63) is 28.5 Å². The van der Waals surface area contributed by atoms with E-state index >= 15 is 0 Å². The lowest BCUT2D eigenvalue weighted by atomic mass is 10.3. The van der Waals surface area contributed by atoms with Crippen LogP contribution in [-0.2, 0) is 4.79 Å². The van der Waals surface area contributed by atoms with Crippen LogP contribution in [-0.4, -0.2) is 43.6 Å². The van der Waals surface area contributed by atoms with Gasteiger partial charge in [0.25, 0.3) is 5.91 Å². The molecule has 0 spiro atoms. The van der Waals surface area contributed by atoms with Gasteiger partial charge in [-0.25, -0.2) is 4.39 Å². The molecule has 1 aromatic carbocycles. The van der Waals surface area contributed by atoms with Crippen LogP contribution in [0.25, 0.3) is 0 Å². The molecule has 1 heterocycles. The molecule has 0 aliphatic carbocycles. The van der Waals surface area contributed by atoms with Crippen LogP contribution in [0, 0.1) is 5.82 Å². The molecule has 20 heavy (non-hydrogen) atoms. The number of hydrogen-bond acceptors (Lipinski definition) is 3. The first kappa shape index (κ1) is 17.2. The van der Waals surface area contributed by atoms with E-state index in [1.165, 1.54) is 12.1 Å². The third kappa shape index (κ3) is 4.92. The van der Waals surface area contributed by atoms with Crippen LogP contribution in [0.2, 0.25) is 0 Å². The van der Waals surface area contributed by atoms with Crippen molar-refractivity contribution in [3.8, 4) is 5.75 Å². The number of halogens is 3. The highest BCUT2D eigenvalue weighted by atomic mass is 79.9. The lowest BCUT2D eigenvalue weighted by molar-refractivity contribution is -0.133. The number of carbonyl (C=O) groups is 1.